The SMILES string of the molecule is CC1=C(C(F)(F)F)ON(C)C1c1ccc(C(=O)N2CCCCC2)s1. The molecule has 1 aromatic heterocycles. The van der Waals surface area contributed by atoms with Crippen molar-refractivity contribution in [2.45, 2.75) is 38.4 Å². The summed E-state index contributed by atoms with van der Waals surface area (Å²) in [5.74, 6) is -1.00. The smallest absolute Gasteiger partial charge is 0.400 e. The van der Waals surface area contributed by atoms with Gasteiger partial charge in [-0.2, -0.15) is 13.2 Å². The van der Waals surface area contributed by atoms with Gasteiger partial charge in [0.1, 0.15) is 6.04 Å². The van der Waals surface area contributed by atoms with Gasteiger partial charge in [0.05, 0.1) is 4.88 Å². The van der Waals surface area contributed by atoms with E-state index < -0.39 is 18.0 Å². The number of piperidine rings is 1. The Hall–Kier alpha value is -1.54. The molecule has 1 fully saturated rings. The molecule has 1 aromatic rings. The van der Waals surface area contributed by atoms with Gasteiger partial charge in [-0.05, 0) is 38.3 Å². The Balaban J connectivity index is 1.82. The van der Waals surface area contributed by atoms with E-state index in [4.69, 9.17) is 4.84 Å². The molecule has 1 saturated heterocycles. The highest BCUT2D eigenvalue weighted by molar-refractivity contribution is 7.14. The fraction of sp³-hybridized carbons (Fsp3) is 0.562. The van der Waals surface area contributed by atoms with E-state index in [0.717, 1.165) is 32.4 Å². The zero-order chi connectivity index (χ0) is 17.5. The van der Waals surface area contributed by atoms with Crippen LogP contribution in [0, 0.1) is 0 Å². The van der Waals surface area contributed by atoms with Gasteiger partial charge >= 0.3 is 6.18 Å². The minimum absolute atomic E-state index is 0.0369. The number of likely N-dealkylation sites (tertiary alicyclic amines) is 1. The molecule has 3 heterocycles. The van der Waals surface area contributed by atoms with Crippen LogP contribution in [0.2, 0.25) is 0 Å². The molecule has 1 atom stereocenters. The molecule has 0 aliphatic carbocycles. The van der Waals surface area contributed by atoms with Crippen LogP contribution in [0.4, 0.5) is 13.2 Å². The predicted molar refractivity (Wildman–Crippen MR) is 84.4 cm³/mol. The number of amides is 1. The van der Waals surface area contributed by atoms with Crippen LogP contribution in [-0.4, -0.2) is 42.2 Å². The molecule has 0 aromatic carbocycles. The number of likely N-dealkylation sites (N-methyl/N-ethyl adjacent to an activating group) is 1. The molecule has 0 bridgehead atoms. The van der Waals surface area contributed by atoms with Gasteiger partial charge in [0, 0.05) is 30.6 Å². The van der Waals surface area contributed by atoms with Crippen molar-refractivity contribution in [2.24, 2.45) is 0 Å². The summed E-state index contributed by atoms with van der Waals surface area (Å²) in [6.45, 7) is 2.91. The summed E-state index contributed by atoms with van der Waals surface area (Å²) in [6.07, 6.45) is -1.38. The molecule has 2 aliphatic rings. The predicted octanol–water partition coefficient (Wildman–Crippen LogP) is 4.13. The maximum atomic E-state index is 13.0. The van der Waals surface area contributed by atoms with Gasteiger partial charge in [0.25, 0.3) is 5.91 Å². The normalized spacial score (nSPS) is 22.9. The summed E-state index contributed by atoms with van der Waals surface area (Å²) in [7, 11) is 1.47. The quantitative estimate of drug-likeness (QED) is 0.795. The lowest BCUT2D eigenvalue weighted by Gasteiger charge is -2.26. The first-order valence-corrected chi connectivity index (χ1v) is 8.68. The Morgan fingerprint density at radius 2 is 1.92 bits per heavy atom. The fourth-order valence-electron chi connectivity index (χ4n) is 3.20. The molecule has 2 aliphatic heterocycles. The van der Waals surface area contributed by atoms with Crippen molar-refractivity contribution in [3.8, 4) is 0 Å². The molecule has 3 rings (SSSR count). The minimum atomic E-state index is -4.52. The standard InChI is InChI=1S/C16H19F3N2O2S/c1-10-13(20(2)23-14(10)16(17,18)19)11-6-7-12(24-11)15(22)21-8-4-3-5-9-21/h6-7,13H,3-5,8-9H2,1-2H3. The van der Waals surface area contributed by atoms with E-state index in [-0.39, 0.29) is 11.5 Å². The van der Waals surface area contributed by atoms with Crippen molar-refractivity contribution in [1.29, 1.82) is 0 Å². The van der Waals surface area contributed by atoms with Crippen molar-refractivity contribution in [3.63, 3.8) is 0 Å². The number of allylic oxidation sites excluding steroid dienone is 1. The van der Waals surface area contributed by atoms with Gasteiger partial charge in [0.2, 0.25) is 5.76 Å². The highest BCUT2D eigenvalue weighted by Crippen LogP contribution is 2.44. The van der Waals surface area contributed by atoms with Gasteiger partial charge in [0.15, 0.2) is 0 Å². The van der Waals surface area contributed by atoms with Crippen LogP contribution in [0.3, 0.4) is 0 Å². The van der Waals surface area contributed by atoms with E-state index in [2.05, 4.69) is 0 Å². The zero-order valence-electron chi connectivity index (χ0n) is 13.5. The summed E-state index contributed by atoms with van der Waals surface area (Å²) >= 11 is 1.24. The third-order valence-electron chi connectivity index (χ3n) is 4.38. The molecule has 8 heteroatoms. The lowest BCUT2D eigenvalue weighted by molar-refractivity contribution is -0.186. The largest absolute Gasteiger partial charge is 0.451 e. The average molecular weight is 360 g/mol. The van der Waals surface area contributed by atoms with E-state index >= 15 is 0 Å². The van der Waals surface area contributed by atoms with Gasteiger partial charge in [-0.25, -0.2) is 0 Å². The molecule has 132 valence electrons. The van der Waals surface area contributed by atoms with E-state index in [1.165, 1.54) is 30.4 Å². The minimum Gasteiger partial charge on any atom is -0.400 e. The summed E-state index contributed by atoms with van der Waals surface area (Å²) in [5.41, 5.74) is 0.115. The van der Waals surface area contributed by atoms with Crippen molar-refractivity contribution >= 4 is 17.2 Å². The number of thiophene rings is 1. The Kier molecular flexibility index (Phi) is 4.61. The lowest BCUT2D eigenvalue weighted by Crippen LogP contribution is -2.35. The van der Waals surface area contributed by atoms with Crippen LogP contribution < -0.4 is 0 Å². The Morgan fingerprint density at radius 1 is 1.25 bits per heavy atom. The van der Waals surface area contributed by atoms with E-state index in [9.17, 15) is 18.0 Å². The van der Waals surface area contributed by atoms with Gasteiger partial charge in [-0.3, -0.25) is 4.79 Å². The van der Waals surface area contributed by atoms with Crippen molar-refractivity contribution in [1.82, 2.24) is 9.96 Å². The Bertz CT molecular complexity index is 663. The topological polar surface area (TPSA) is 32.8 Å². The first-order chi connectivity index (χ1) is 11.3. The molecular formula is C16H19F3N2O2S. The Morgan fingerprint density at radius 3 is 2.50 bits per heavy atom. The van der Waals surface area contributed by atoms with Crippen LogP contribution in [0.1, 0.15) is 46.8 Å². The number of carbonyl (C=O) groups is 1. The summed E-state index contributed by atoms with van der Waals surface area (Å²) in [5, 5.41) is 1.19. The third-order valence-corrected chi connectivity index (χ3v) is 5.50. The van der Waals surface area contributed by atoms with E-state index in [0.29, 0.717) is 9.75 Å². The highest BCUT2D eigenvalue weighted by Gasteiger charge is 2.46. The summed E-state index contributed by atoms with van der Waals surface area (Å²) in [4.78, 5) is 20.5. The third kappa shape index (κ3) is 3.17. The fourth-order valence-corrected chi connectivity index (χ4v) is 4.38. The lowest BCUT2D eigenvalue weighted by atomic mass is 10.1. The molecule has 0 radical (unpaired) electrons. The van der Waals surface area contributed by atoms with Crippen LogP contribution in [0.25, 0.3) is 0 Å². The average Bonchev–Trinajstić information content (AvgIpc) is 3.11. The van der Waals surface area contributed by atoms with Crippen molar-refractivity contribution in [3.05, 3.63) is 33.2 Å². The van der Waals surface area contributed by atoms with Crippen LogP contribution in [0.15, 0.2) is 23.5 Å². The molecule has 0 spiro atoms. The second-order valence-corrected chi connectivity index (χ2v) is 7.22. The number of nitrogens with zero attached hydrogens (tertiary/aromatic N) is 2. The van der Waals surface area contributed by atoms with Crippen LogP contribution >= 0.6 is 11.3 Å². The number of hydrogen-bond donors (Lipinski definition) is 0. The number of alkyl halides is 3. The molecule has 0 saturated carbocycles. The molecule has 4 nitrogen and oxygen atoms in total. The first-order valence-electron chi connectivity index (χ1n) is 7.87. The van der Waals surface area contributed by atoms with Gasteiger partial charge in [-0.15, -0.1) is 16.4 Å². The molecule has 24 heavy (non-hydrogen) atoms. The van der Waals surface area contributed by atoms with Crippen LogP contribution in [-0.2, 0) is 4.84 Å². The van der Waals surface area contributed by atoms with Crippen molar-refractivity contribution in [2.75, 3.05) is 20.1 Å². The highest BCUT2D eigenvalue weighted by atomic mass is 32.1. The van der Waals surface area contributed by atoms with Gasteiger partial charge in [-0.1, -0.05) is 0 Å². The Labute approximate surface area is 142 Å². The molecule has 1 amide bonds. The molecular weight excluding hydrogens is 341 g/mol. The van der Waals surface area contributed by atoms with Crippen molar-refractivity contribution < 1.29 is 22.8 Å². The van der Waals surface area contributed by atoms with E-state index in [1.807, 2.05) is 4.90 Å². The first kappa shape index (κ1) is 17.3. The summed E-state index contributed by atoms with van der Waals surface area (Å²) < 4.78 is 38.9. The molecule has 0 N–H and O–H groups in total. The maximum absolute atomic E-state index is 13.0. The number of hydroxylamine groups is 2. The number of halogens is 3. The van der Waals surface area contributed by atoms with Gasteiger partial charge < -0.3 is 9.74 Å². The summed E-state index contributed by atoms with van der Waals surface area (Å²) in [6, 6.07) is 2.80. The number of hydrogen-bond acceptors (Lipinski definition) is 4. The monoisotopic (exact) mass is 360 g/mol. The number of carbonyl (C=O) groups excluding carboxylic acids is 1. The van der Waals surface area contributed by atoms with Crippen LogP contribution in [0.5, 0.6) is 0 Å². The molecule has 1 unspecified atom stereocenters. The second kappa shape index (κ2) is 6.40. The number of rotatable bonds is 2. The second-order valence-electron chi connectivity index (χ2n) is 6.10. The maximum Gasteiger partial charge on any atom is 0.451 e. The zero-order valence-corrected chi connectivity index (χ0v) is 14.3. The van der Waals surface area contributed by atoms with E-state index in [1.54, 1.807) is 12.1 Å².